The third kappa shape index (κ3) is 6.43. The van der Waals surface area contributed by atoms with E-state index in [2.05, 4.69) is 5.32 Å². The molecule has 2 aliphatic carbocycles. The van der Waals surface area contributed by atoms with Crippen LogP contribution >= 0.6 is 11.8 Å². The third-order valence-electron chi connectivity index (χ3n) is 10.4. The summed E-state index contributed by atoms with van der Waals surface area (Å²) in [5, 5.41) is 79.6. The van der Waals surface area contributed by atoms with Crippen LogP contribution in [0.5, 0.6) is 23.3 Å². The van der Waals surface area contributed by atoms with Gasteiger partial charge in [0.15, 0.2) is 29.5 Å². The van der Waals surface area contributed by atoms with Crippen molar-refractivity contribution in [1.82, 2.24) is 9.88 Å². The van der Waals surface area contributed by atoms with Crippen LogP contribution in [-0.2, 0) is 20.7 Å². The van der Waals surface area contributed by atoms with E-state index in [1.807, 2.05) is 6.92 Å². The van der Waals surface area contributed by atoms with E-state index in [-0.39, 0.29) is 46.0 Å². The molecule has 0 saturated carbocycles. The Morgan fingerprint density at radius 3 is 2.33 bits per heavy atom. The predicted octanol–water partition coefficient (Wildman–Crippen LogP) is 2.78. The molecule has 0 radical (unpaired) electrons. The number of hydrogen-bond acceptors (Lipinski definition) is 14. The Balaban J connectivity index is 1.19. The van der Waals surface area contributed by atoms with Gasteiger partial charge in [-0.15, -0.1) is 11.8 Å². The molecule has 1 unspecified atom stereocenters. The number of ketones is 3. The molecular formula is C39H38N2O13S. The standard InChI is InChI=1S/C39H38N2O13S/c1-3-55-25-13-27(44)41(38(25)51)19-8-6-7-18(11-19)37(50)40-23-12-28(53-17(2)32(23)45)54-24-15-39(52,26(43)16-42)14-22-29(24)36(49)31-30(35(22)48)33(46)20-9-4-5-10-21(20)34(31)47/h4-11,13,17,23-24,28,32,42,44-45,48-49,51-52H,3,12,14-16H2,1-2H3,(H,40,50)/t17-,23-,24-,28?,32+,39-/m0/s1. The lowest BCUT2D eigenvalue weighted by Crippen LogP contribution is -2.55. The van der Waals surface area contributed by atoms with Crippen LogP contribution in [0.15, 0.2) is 59.5 Å². The molecule has 288 valence electrons. The molecule has 6 atom stereocenters. The van der Waals surface area contributed by atoms with E-state index in [0.29, 0.717) is 16.3 Å². The van der Waals surface area contributed by atoms with Crippen molar-refractivity contribution >= 4 is 35.0 Å². The van der Waals surface area contributed by atoms with Crippen molar-refractivity contribution in [2.75, 3.05) is 12.4 Å². The van der Waals surface area contributed by atoms with Crippen molar-refractivity contribution in [2.24, 2.45) is 0 Å². The number of rotatable bonds is 9. The number of benzene rings is 3. The molecule has 8 N–H and O–H groups in total. The zero-order valence-electron chi connectivity index (χ0n) is 29.6. The third-order valence-corrected chi connectivity index (χ3v) is 11.3. The minimum Gasteiger partial charge on any atom is -0.507 e. The van der Waals surface area contributed by atoms with Crippen molar-refractivity contribution in [3.8, 4) is 28.9 Å². The van der Waals surface area contributed by atoms with E-state index in [0.717, 1.165) is 0 Å². The Hall–Kier alpha value is -5.23. The van der Waals surface area contributed by atoms with E-state index in [1.54, 1.807) is 18.2 Å². The lowest BCUT2D eigenvalue weighted by molar-refractivity contribution is -0.249. The van der Waals surface area contributed by atoms with Crippen LogP contribution in [0.25, 0.3) is 5.69 Å². The zero-order valence-corrected chi connectivity index (χ0v) is 30.4. The van der Waals surface area contributed by atoms with Gasteiger partial charge in [0.05, 0.1) is 40.0 Å². The number of ether oxygens (including phenoxy) is 2. The second-order valence-electron chi connectivity index (χ2n) is 13.7. The molecule has 0 spiro atoms. The minimum atomic E-state index is -2.35. The molecule has 1 saturated heterocycles. The summed E-state index contributed by atoms with van der Waals surface area (Å²) in [4.78, 5) is 54.2. The quantitative estimate of drug-likeness (QED) is 0.0793. The van der Waals surface area contributed by atoms with Gasteiger partial charge in [0.25, 0.3) is 5.91 Å². The molecule has 1 aromatic heterocycles. The average molecular weight is 775 g/mol. The van der Waals surface area contributed by atoms with Gasteiger partial charge >= 0.3 is 0 Å². The molecule has 1 amide bonds. The summed E-state index contributed by atoms with van der Waals surface area (Å²) in [7, 11) is 0. The molecule has 0 bridgehead atoms. The van der Waals surface area contributed by atoms with Gasteiger partial charge in [-0.25, -0.2) is 0 Å². The van der Waals surface area contributed by atoms with Crippen LogP contribution in [0.2, 0.25) is 0 Å². The molecule has 4 aromatic rings. The van der Waals surface area contributed by atoms with Crippen molar-refractivity contribution in [1.29, 1.82) is 0 Å². The number of Topliss-reactive ketones (excluding diaryl/α,β-unsaturated/α-hetero) is 1. The van der Waals surface area contributed by atoms with Crippen LogP contribution in [0.4, 0.5) is 0 Å². The fourth-order valence-electron chi connectivity index (χ4n) is 7.64. The van der Waals surface area contributed by atoms with Gasteiger partial charge in [0.2, 0.25) is 5.88 Å². The normalized spacial score (nSPS) is 24.5. The first kappa shape index (κ1) is 38.1. The minimum absolute atomic E-state index is 0.000328. The molecule has 1 fully saturated rings. The predicted molar refractivity (Wildman–Crippen MR) is 194 cm³/mol. The molecule has 2 heterocycles. The first-order chi connectivity index (χ1) is 26.2. The number of aromatic nitrogens is 1. The number of amides is 1. The summed E-state index contributed by atoms with van der Waals surface area (Å²) in [6.45, 7) is 2.33. The highest BCUT2D eigenvalue weighted by molar-refractivity contribution is 7.99. The second kappa shape index (κ2) is 14.4. The van der Waals surface area contributed by atoms with E-state index >= 15 is 0 Å². The lowest BCUT2D eigenvalue weighted by atomic mass is 9.72. The summed E-state index contributed by atoms with van der Waals surface area (Å²) in [6, 6.07) is 12.4. The Kier molecular flexibility index (Phi) is 10.00. The van der Waals surface area contributed by atoms with Crippen molar-refractivity contribution in [2.45, 2.75) is 74.3 Å². The van der Waals surface area contributed by atoms with E-state index in [9.17, 15) is 54.9 Å². The lowest BCUT2D eigenvalue weighted by Gasteiger charge is -2.43. The molecule has 1 aliphatic heterocycles. The van der Waals surface area contributed by atoms with E-state index < -0.39 is 102 Å². The molecular weight excluding hydrogens is 736 g/mol. The number of carbonyl (C=O) groups excluding carboxylic acids is 4. The average Bonchev–Trinajstić information content (AvgIpc) is 3.45. The zero-order chi connectivity index (χ0) is 39.5. The fraction of sp³-hybridized carbons (Fsp3) is 0.333. The fourth-order valence-corrected chi connectivity index (χ4v) is 8.36. The van der Waals surface area contributed by atoms with Gasteiger partial charge in [0.1, 0.15) is 29.8 Å². The van der Waals surface area contributed by atoms with Crippen LogP contribution in [-0.4, -0.2) is 106 Å². The summed E-state index contributed by atoms with van der Waals surface area (Å²) in [5.74, 6) is -4.39. The van der Waals surface area contributed by atoms with Crippen LogP contribution in [0, 0.1) is 0 Å². The maximum atomic E-state index is 13.7. The number of fused-ring (bicyclic) bond motifs is 3. The van der Waals surface area contributed by atoms with Gasteiger partial charge in [-0.05, 0) is 30.9 Å². The highest BCUT2D eigenvalue weighted by Crippen LogP contribution is 2.52. The topological polar surface area (TPSA) is 245 Å². The molecule has 3 aromatic carbocycles. The number of nitrogens with one attached hydrogen (secondary N) is 1. The number of nitrogens with zero attached hydrogens (tertiary/aromatic N) is 1. The van der Waals surface area contributed by atoms with E-state index in [4.69, 9.17) is 9.47 Å². The van der Waals surface area contributed by atoms with Crippen molar-refractivity contribution < 1.29 is 64.4 Å². The highest BCUT2D eigenvalue weighted by Gasteiger charge is 2.50. The SMILES string of the molecule is CCSc1cc(O)n(-c2cccc(C(=O)N[C@H]3CC(O[C@H]4C[C@](O)(C(=O)CO)Cc5c(O)c6c(c(O)c54)C(=O)c4ccccc4C6=O)O[C@@H](C)[C@H]3O)c2)c1O. The molecule has 3 aliphatic rings. The number of phenolic OH excluding ortho intramolecular Hbond substituents is 2. The number of thioether (sulfide) groups is 1. The maximum Gasteiger partial charge on any atom is 0.251 e. The largest absolute Gasteiger partial charge is 0.507 e. The van der Waals surface area contributed by atoms with Crippen LogP contribution in [0.3, 0.4) is 0 Å². The number of hydrogen-bond donors (Lipinski definition) is 8. The molecule has 16 heteroatoms. The smallest absolute Gasteiger partial charge is 0.251 e. The van der Waals surface area contributed by atoms with Crippen molar-refractivity contribution in [3.05, 3.63) is 93.5 Å². The monoisotopic (exact) mass is 774 g/mol. The Labute approximate surface area is 317 Å². The van der Waals surface area contributed by atoms with Gasteiger partial charge in [-0.3, -0.25) is 23.7 Å². The number of aliphatic hydroxyl groups is 3. The van der Waals surface area contributed by atoms with Crippen molar-refractivity contribution in [3.63, 3.8) is 0 Å². The summed E-state index contributed by atoms with van der Waals surface area (Å²) < 4.78 is 13.4. The second-order valence-corrected chi connectivity index (χ2v) is 15.1. The number of aromatic hydroxyl groups is 4. The van der Waals surface area contributed by atoms with Gasteiger partial charge < -0.3 is 50.5 Å². The first-order valence-electron chi connectivity index (χ1n) is 17.5. The molecule has 15 nitrogen and oxygen atoms in total. The summed E-state index contributed by atoms with van der Waals surface area (Å²) in [5.41, 5.74) is -3.34. The van der Waals surface area contributed by atoms with Crippen LogP contribution < -0.4 is 5.32 Å². The Morgan fingerprint density at radius 1 is 1.00 bits per heavy atom. The first-order valence-corrected chi connectivity index (χ1v) is 18.5. The maximum absolute atomic E-state index is 13.7. The van der Waals surface area contributed by atoms with Gasteiger partial charge in [0, 0.05) is 53.1 Å². The highest BCUT2D eigenvalue weighted by atomic mass is 32.2. The summed E-state index contributed by atoms with van der Waals surface area (Å²) in [6.07, 6.45) is -6.36. The van der Waals surface area contributed by atoms with Crippen LogP contribution in [0.1, 0.15) is 86.1 Å². The van der Waals surface area contributed by atoms with E-state index in [1.165, 1.54) is 59.7 Å². The van der Waals surface area contributed by atoms with Gasteiger partial charge in [-0.2, -0.15) is 0 Å². The number of carbonyl (C=O) groups is 4. The summed E-state index contributed by atoms with van der Waals surface area (Å²) >= 11 is 1.32. The number of aliphatic hydroxyl groups excluding tert-OH is 2. The Morgan fingerprint density at radius 2 is 1.67 bits per heavy atom. The Bertz CT molecular complexity index is 2250. The molecule has 55 heavy (non-hydrogen) atoms. The molecule has 7 rings (SSSR count). The van der Waals surface area contributed by atoms with Gasteiger partial charge in [-0.1, -0.05) is 37.3 Å². The number of phenols is 2.